The van der Waals surface area contributed by atoms with Gasteiger partial charge in [0.05, 0.1) is 35.5 Å². The second-order valence-corrected chi connectivity index (χ2v) is 8.68. The smallest absolute Gasteiger partial charge is 0.305 e. The predicted octanol–water partition coefficient (Wildman–Crippen LogP) is 2.70. The van der Waals surface area contributed by atoms with Crippen LogP contribution in [0, 0.1) is 17.4 Å². The van der Waals surface area contributed by atoms with E-state index in [0.29, 0.717) is 33.6 Å². The SMILES string of the molecule is N=C(N)c1ccc(C#CN2c3ccccc3C(=O)N3c4ccccc4C(=O)N(CCC(=O)O)CC23)cc1. The molecule has 0 radical (unpaired) electrons. The largest absolute Gasteiger partial charge is 0.481 e. The third-order valence-electron chi connectivity index (χ3n) is 6.39. The van der Waals surface area contributed by atoms with Crippen LogP contribution in [0.1, 0.15) is 38.3 Å². The molecule has 184 valence electrons. The van der Waals surface area contributed by atoms with Crippen molar-refractivity contribution in [2.75, 3.05) is 22.9 Å². The molecule has 3 aromatic carbocycles. The zero-order chi connectivity index (χ0) is 26.1. The molecule has 0 bridgehead atoms. The molecule has 0 saturated heterocycles. The van der Waals surface area contributed by atoms with E-state index >= 15 is 0 Å². The first-order valence-corrected chi connectivity index (χ1v) is 11.6. The van der Waals surface area contributed by atoms with Gasteiger partial charge in [-0.3, -0.25) is 29.6 Å². The van der Waals surface area contributed by atoms with Crippen LogP contribution < -0.4 is 15.5 Å². The summed E-state index contributed by atoms with van der Waals surface area (Å²) >= 11 is 0. The molecule has 9 heteroatoms. The Kier molecular flexibility index (Phi) is 6.07. The van der Waals surface area contributed by atoms with Crippen molar-refractivity contribution in [3.8, 4) is 12.0 Å². The van der Waals surface area contributed by atoms with E-state index in [2.05, 4.69) is 12.0 Å². The van der Waals surface area contributed by atoms with E-state index in [0.717, 1.165) is 0 Å². The molecule has 4 N–H and O–H groups in total. The molecule has 0 aromatic heterocycles. The second kappa shape index (κ2) is 9.51. The molecular formula is C28H23N5O4. The standard InChI is InChI=1S/C28H23N5O4/c29-26(30)19-11-9-18(10-12-19)13-16-32-22-7-3-1-5-20(22)28(37)33-23-8-4-2-6-21(23)27(36)31(17-24(32)33)15-14-25(34)35/h1-12,24H,14-15,17H2,(H3,29,30)(H,34,35). The molecular weight excluding hydrogens is 470 g/mol. The molecule has 1 unspecified atom stereocenters. The maximum Gasteiger partial charge on any atom is 0.305 e. The Morgan fingerprint density at radius 3 is 2.22 bits per heavy atom. The minimum Gasteiger partial charge on any atom is -0.481 e. The number of amides is 2. The molecule has 2 aliphatic heterocycles. The third kappa shape index (κ3) is 4.36. The number of nitrogens with zero attached hydrogens (tertiary/aromatic N) is 3. The summed E-state index contributed by atoms with van der Waals surface area (Å²) in [7, 11) is 0. The van der Waals surface area contributed by atoms with Crippen molar-refractivity contribution in [2.45, 2.75) is 12.6 Å². The molecule has 0 saturated carbocycles. The van der Waals surface area contributed by atoms with Gasteiger partial charge in [0.1, 0.15) is 12.0 Å². The Hall–Kier alpha value is -5.10. The normalized spacial score (nSPS) is 16.1. The monoisotopic (exact) mass is 493 g/mol. The van der Waals surface area contributed by atoms with Crippen molar-refractivity contribution in [1.29, 1.82) is 5.41 Å². The molecule has 2 heterocycles. The Balaban J connectivity index is 1.64. The van der Waals surface area contributed by atoms with Gasteiger partial charge in [0.15, 0.2) is 0 Å². The summed E-state index contributed by atoms with van der Waals surface area (Å²) in [5, 5.41) is 16.8. The minimum atomic E-state index is -1.02. The molecule has 1 atom stereocenters. The van der Waals surface area contributed by atoms with Crippen molar-refractivity contribution in [3.05, 3.63) is 95.1 Å². The van der Waals surface area contributed by atoms with E-state index in [1.165, 1.54) is 4.90 Å². The lowest BCUT2D eigenvalue weighted by Gasteiger charge is -2.42. The van der Waals surface area contributed by atoms with Crippen molar-refractivity contribution < 1.29 is 19.5 Å². The minimum absolute atomic E-state index is 0.00352. The Morgan fingerprint density at radius 1 is 0.946 bits per heavy atom. The summed E-state index contributed by atoms with van der Waals surface area (Å²) in [5.41, 5.74) is 8.64. The summed E-state index contributed by atoms with van der Waals surface area (Å²) in [6.45, 7) is 0.0648. The van der Waals surface area contributed by atoms with Crippen LogP contribution in [-0.4, -0.2) is 52.9 Å². The molecule has 2 aliphatic rings. The number of nitrogen functional groups attached to an aromatic ring is 1. The fraction of sp³-hybridized carbons (Fsp3) is 0.143. The third-order valence-corrected chi connectivity index (χ3v) is 6.39. The molecule has 9 nitrogen and oxygen atoms in total. The molecule has 3 aromatic rings. The Labute approximate surface area is 213 Å². The predicted molar refractivity (Wildman–Crippen MR) is 138 cm³/mol. The number of fused-ring (bicyclic) bond motifs is 4. The van der Waals surface area contributed by atoms with Crippen LogP contribution in [0.5, 0.6) is 0 Å². The van der Waals surface area contributed by atoms with Gasteiger partial charge < -0.3 is 15.7 Å². The van der Waals surface area contributed by atoms with E-state index in [9.17, 15) is 19.5 Å². The first-order valence-electron chi connectivity index (χ1n) is 11.6. The van der Waals surface area contributed by atoms with E-state index in [-0.39, 0.29) is 37.2 Å². The summed E-state index contributed by atoms with van der Waals surface area (Å²) in [6, 6.07) is 24.1. The van der Waals surface area contributed by atoms with Crippen molar-refractivity contribution in [3.63, 3.8) is 0 Å². The number of hydrogen-bond acceptors (Lipinski definition) is 5. The highest BCUT2D eigenvalue weighted by Gasteiger charge is 2.43. The van der Waals surface area contributed by atoms with Crippen LogP contribution >= 0.6 is 0 Å². The zero-order valence-electron chi connectivity index (χ0n) is 19.7. The number of carboxylic acids is 1. The topological polar surface area (TPSA) is 131 Å². The van der Waals surface area contributed by atoms with Gasteiger partial charge in [0.2, 0.25) is 0 Å². The van der Waals surface area contributed by atoms with Gasteiger partial charge in [0, 0.05) is 23.7 Å². The van der Waals surface area contributed by atoms with E-state index < -0.39 is 12.1 Å². The number of rotatable bonds is 4. The maximum absolute atomic E-state index is 13.8. The van der Waals surface area contributed by atoms with E-state index in [1.54, 1.807) is 76.5 Å². The fourth-order valence-corrected chi connectivity index (χ4v) is 4.57. The Morgan fingerprint density at radius 2 is 1.57 bits per heavy atom. The number of aliphatic carboxylic acids is 1. The van der Waals surface area contributed by atoms with Gasteiger partial charge in [-0.1, -0.05) is 36.4 Å². The first kappa shape index (κ1) is 23.6. The second-order valence-electron chi connectivity index (χ2n) is 8.68. The molecule has 37 heavy (non-hydrogen) atoms. The Bertz CT molecular complexity index is 1490. The van der Waals surface area contributed by atoms with Gasteiger partial charge in [-0.25, -0.2) is 0 Å². The van der Waals surface area contributed by atoms with Crippen LogP contribution in [0.4, 0.5) is 11.4 Å². The van der Waals surface area contributed by atoms with Crippen molar-refractivity contribution in [2.24, 2.45) is 5.73 Å². The molecule has 0 fully saturated rings. The van der Waals surface area contributed by atoms with Gasteiger partial charge in [-0.05, 0) is 42.3 Å². The lowest BCUT2D eigenvalue weighted by Crippen LogP contribution is -2.58. The average molecular weight is 494 g/mol. The fourth-order valence-electron chi connectivity index (χ4n) is 4.57. The zero-order valence-corrected chi connectivity index (χ0v) is 19.7. The summed E-state index contributed by atoms with van der Waals surface area (Å²) in [4.78, 5) is 43.3. The molecule has 5 rings (SSSR count). The van der Waals surface area contributed by atoms with Crippen molar-refractivity contribution in [1.82, 2.24) is 4.90 Å². The summed E-state index contributed by atoms with van der Waals surface area (Å²) in [5.74, 6) is 1.47. The quantitative estimate of drug-likeness (QED) is 0.291. The number of para-hydroxylation sites is 2. The number of nitrogens with one attached hydrogen (secondary N) is 1. The van der Waals surface area contributed by atoms with Crippen LogP contribution in [0.25, 0.3) is 0 Å². The lowest BCUT2D eigenvalue weighted by molar-refractivity contribution is -0.137. The van der Waals surface area contributed by atoms with Crippen LogP contribution in [-0.2, 0) is 4.79 Å². The highest BCUT2D eigenvalue weighted by atomic mass is 16.4. The van der Waals surface area contributed by atoms with Gasteiger partial charge >= 0.3 is 5.97 Å². The van der Waals surface area contributed by atoms with Crippen molar-refractivity contribution >= 4 is 35.0 Å². The van der Waals surface area contributed by atoms with Crippen LogP contribution in [0.15, 0.2) is 72.8 Å². The summed E-state index contributed by atoms with van der Waals surface area (Å²) < 4.78 is 0. The number of hydrogen-bond donors (Lipinski definition) is 3. The number of benzene rings is 3. The van der Waals surface area contributed by atoms with Gasteiger partial charge in [-0.2, -0.15) is 0 Å². The number of carbonyl (C=O) groups excluding carboxylic acids is 2. The first-order chi connectivity index (χ1) is 17.8. The molecule has 2 amide bonds. The van der Waals surface area contributed by atoms with Gasteiger partial charge in [0.25, 0.3) is 11.8 Å². The number of anilines is 2. The highest BCUT2D eigenvalue weighted by Crippen LogP contribution is 2.37. The van der Waals surface area contributed by atoms with Gasteiger partial charge in [-0.15, -0.1) is 0 Å². The van der Waals surface area contributed by atoms with E-state index in [4.69, 9.17) is 11.1 Å². The van der Waals surface area contributed by atoms with Crippen LogP contribution in [0.3, 0.4) is 0 Å². The highest BCUT2D eigenvalue weighted by molar-refractivity contribution is 6.16. The number of carbonyl (C=O) groups is 3. The average Bonchev–Trinajstić information content (AvgIpc) is 3.02. The van der Waals surface area contributed by atoms with E-state index in [1.807, 2.05) is 6.07 Å². The number of nitrogens with two attached hydrogens (primary N) is 1. The number of carboxylic acid groups (broad SMARTS) is 1. The lowest BCUT2D eigenvalue weighted by atomic mass is 10.0. The molecule has 0 spiro atoms. The molecule has 0 aliphatic carbocycles. The van der Waals surface area contributed by atoms with Crippen LogP contribution in [0.2, 0.25) is 0 Å². The number of amidine groups is 1. The maximum atomic E-state index is 13.8. The summed E-state index contributed by atoms with van der Waals surface area (Å²) in [6.07, 6.45) is -0.910.